The van der Waals surface area contributed by atoms with Crippen LogP contribution in [0.4, 0.5) is 0 Å². The molecule has 5 heteroatoms. The second kappa shape index (κ2) is 9.06. The molecule has 1 saturated carbocycles. The van der Waals surface area contributed by atoms with Gasteiger partial charge in [0.1, 0.15) is 0 Å². The Morgan fingerprint density at radius 3 is 2.65 bits per heavy atom. The summed E-state index contributed by atoms with van der Waals surface area (Å²) in [6.07, 6.45) is 7.21. The third-order valence-corrected chi connectivity index (χ3v) is 5.67. The molecular formula is C21H32N4O. The molecule has 0 bridgehead atoms. The van der Waals surface area contributed by atoms with Gasteiger partial charge in [-0.3, -0.25) is 9.79 Å². The lowest BCUT2D eigenvalue weighted by molar-refractivity contribution is -0.121. The number of amides is 1. The molecule has 142 valence electrons. The highest BCUT2D eigenvalue weighted by molar-refractivity contribution is 5.81. The Balaban J connectivity index is 1.46. The third kappa shape index (κ3) is 4.99. The maximum Gasteiger partial charge on any atom is 0.222 e. The van der Waals surface area contributed by atoms with Crippen LogP contribution in [-0.4, -0.2) is 42.9 Å². The number of hydrogen-bond donors (Lipinski definition) is 2. The Hall–Kier alpha value is -2.04. The zero-order chi connectivity index (χ0) is 18.2. The molecule has 0 atom stereocenters. The molecule has 2 aliphatic rings. The predicted octanol–water partition coefficient (Wildman–Crippen LogP) is 2.92. The molecule has 1 amide bonds. The molecule has 0 radical (unpaired) electrons. The zero-order valence-electron chi connectivity index (χ0n) is 16.0. The molecule has 2 N–H and O–H groups in total. The van der Waals surface area contributed by atoms with E-state index in [0.29, 0.717) is 24.9 Å². The minimum absolute atomic E-state index is 0.0575. The number of benzene rings is 1. The minimum Gasteiger partial charge on any atom is -0.357 e. The van der Waals surface area contributed by atoms with Gasteiger partial charge in [-0.05, 0) is 37.2 Å². The summed E-state index contributed by atoms with van der Waals surface area (Å²) in [7, 11) is 0. The summed E-state index contributed by atoms with van der Waals surface area (Å²) in [5.74, 6) is 1.04. The van der Waals surface area contributed by atoms with E-state index in [1.165, 1.54) is 32.1 Å². The monoisotopic (exact) mass is 356 g/mol. The Labute approximate surface area is 157 Å². The second-order valence-electron chi connectivity index (χ2n) is 7.63. The van der Waals surface area contributed by atoms with Crippen LogP contribution < -0.4 is 10.6 Å². The molecule has 1 aromatic carbocycles. The molecule has 0 aromatic heterocycles. The molecule has 1 aromatic rings. The van der Waals surface area contributed by atoms with Gasteiger partial charge in [0.25, 0.3) is 0 Å². The number of carbonyl (C=O) groups is 1. The lowest BCUT2D eigenvalue weighted by Crippen LogP contribution is -2.41. The molecule has 26 heavy (non-hydrogen) atoms. The molecule has 1 saturated heterocycles. The van der Waals surface area contributed by atoms with Gasteiger partial charge in [-0.15, -0.1) is 0 Å². The van der Waals surface area contributed by atoms with Crippen molar-refractivity contribution in [2.75, 3.05) is 26.2 Å². The molecule has 1 heterocycles. The Morgan fingerprint density at radius 2 is 1.92 bits per heavy atom. The maximum atomic E-state index is 12.1. The number of carbonyl (C=O) groups excluding carboxylic acids is 1. The average molecular weight is 357 g/mol. The van der Waals surface area contributed by atoms with E-state index in [-0.39, 0.29) is 5.91 Å². The standard InChI is InChI=1S/C21H32N4O/c1-2-22-20(25-15-13-21(17-25)11-6-7-12-21)23-14-10-19(26)24-16-18-8-4-3-5-9-18/h3-5,8-9H,2,6-7,10-17H2,1H3,(H,22,23)(H,24,26). The molecule has 2 fully saturated rings. The first kappa shape index (κ1) is 18.7. The smallest absolute Gasteiger partial charge is 0.222 e. The quantitative estimate of drug-likeness (QED) is 0.609. The maximum absolute atomic E-state index is 12.1. The summed E-state index contributed by atoms with van der Waals surface area (Å²) in [5, 5.41) is 6.38. The Morgan fingerprint density at radius 1 is 1.15 bits per heavy atom. The summed E-state index contributed by atoms with van der Waals surface area (Å²) < 4.78 is 0. The van der Waals surface area contributed by atoms with E-state index in [1.54, 1.807) is 0 Å². The van der Waals surface area contributed by atoms with Crippen LogP contribution in [0.3, 0.4) is 0 Å². The van der Waals surface area contributed by atoms with Gasteiger partial charge in [0, 0.05) is 32.6 Å². The van der Waals surface area contributed by atoms with Gasteiger partial charge in [0.15, 0.2) is 5.96 Å². The number of nitrogens with zero attached hydrogens (tertiary/aromatic N) is 2. The Kier molecular flexibility index (Phi) is 6.53. The van der Waals surface area contributed by atoms with E-state index in [2.05, 4.69) is 22.5 Å². The normalized spacial score (nSPS) is 19.1. The van der Waals surface area contributed by atoms with E-state index in [4.69, 9.17) is 4.99 Å². The van der Waals surface area contributed by atoms with Crippen molar-refractivity contribution in [3.05, 3.63) is 35.9 Å². The van der Waals surface area contributed by atoms with Gasteiger partial charge in [-0.25, -0.2) is 0 Å². The van der Waals surface area contributed by atoms with Gasteiger partial charge in [-0.2, -0.15) is 0 Å². The molecule has 1 aliphatic heterocycles. The van der Waals surface area contributed by atoms with Crippen molar-refractivity contribution in [3.8, 4) is 0 Å². The molecular weight excluding hydrogens is 324 g/mol. The first-order chi connectivity index (χ1) is 12.7. The number of aliphatic imine (C=N–C) groups is 1. The Bertz CT molecular complexity index is 608. The van der Waals surface area contributed by atoms with Gasteiger partial charge >= 0.3 is 0 Å². The molecule has 3 rings (SSSR count). The number of nitrogens with one attached hydrogen (secondary N) is 2. The first-order valence-corrected chi connectivity index (χ1v) is 10.0. The number of guanidine groups is 1. The fourth-order valence-electron chi connectivity index (χ4n) is 4.22. The van der Waals surface area contributed by atoms with E-state index in [9.17, 15) is 4.79 Å². The summed E-state index contributed by atoms with van der Waals surface area (Å²) in [6, 6.07) is 10.0. The van der Waals surface area contributed by atoms with Crippen LogP contribution in [0.15, 0.2) is 35.3 Å². The van der Waals surface area contributed by atoms with Crippen LogP contribution >= 0.6 is 0 Å². The van der Waals surface area contributed by atoms with Crippen molar-refractivity contribution in [3.63, 3.8) is 0 Å². The SMILES string of the molecule is CCNC(=NCCC(=O)NCc1ccccc1)N1CCC2(CCCC2)C1. The van der Waals surface area contributed by atoms with Crippen molar-refractivity contribution >= 4 is 11.9 Å². The van der Waals surface area contributed by atoms with Crippen molar-refractivity contribution in [1.29, 1.82) is 0 Å². The van der Waals surface area contributed by atoms with E-state index in [0.717, 1.165) is 31.2 Å². The predicted molar refractivity (Wildman–Crippen MR) is 106 cm³/mol. The van der Waals surface area contributed by atoms with Gasteiger partial charge in [-0.1, -0.05) is 43.2 Å². The fraction of sp³-hybridized carbons (Fsp3) is 0.619. The second-order valence-corrected chi connectivity index (χ2v) is 7.63. The third-order valence-electron chi connectivity index (χ3n) is 5.67. The van der Waals surface area contributed by atoms with Crippen LogP contribution in [0.1, 0.15) is 51.0 Å². The fourth-order valence-corrected chi connectivity index (χ4v) is 4.22. The van der Waals surface area contributed by atoms with Gasteiger partial charge < -0.3 is 15.5 Å². The number of hydrogen-bond acceptors (Lipinski definition) is 2. The summed E-state index contributed by atoms with van der Waals surface area (Å²) >= 11 is 0. The van der Waals surface area contributed by atoms with E-state index >= 15 is 0 Å². The highest BCUT2D eigenvalue weighted by Crippen LogP contribution is 2.45. The van der Waals surface area contributed by atoms with Crippen LogP contribution in [0, 0.1) is 5.41 Å². The lowest BCUT2D eigenvalue weighted by Gasteiger charge is -2.25. The van der Waals surface area contributed by atoms with E-state index in [1.807, 2.05) is 30.3 Å². The zero-order valence-corrected chi connectivity index (χ0v) is 16.0. The molecule has 0 unspecified atom stereocenters. The van der Waals surface area contributed by atoms with Crippen molar-refractivity contribution in [2.45, 2.75) is 52.0 Å². The largest absolute Gasteiger partial charge is 0.357 e. The average Bonchev–Trinajstić information content (AvgIpc) is 3.30. The van der Waals surface area contributed by atoms with Crippen molar-refractivity contribution in [2.24, 2.45) is 10.4 Å². The van der Waals surface area contributed by atoms with Gasteiger partial charge in [0.05, 0.1) is 6.54 Å². The topological polar surface area (TPSA) is 56.7 Å². The number of likely N-dealkylation sites (tertiary alicyclic amines) is 1. The van der Waals surface area contributed by atoms with Crippen molar-refractivity contribution < 1.29 is 4.79 Å². The van der Waals surface area contributed by atoms with Gasteiger partial charge in [0.2, 0.25) is 5.91 Å². The lowest BCUT2D eigenvalue weighted by atomic mass is 9.86. The summed E-state index contributed by atoms with van der Waals surface area (Å²) in [4.78, 5) is 19.2. The summed E-state index contributed by atoms with van der Waals surface area (Å²) in [5.41, 5.74) is 1.65. The molecule has 5 nitrogen and oxygen atoms in total. The van der Waals surface area contributed by atoms with Crippen LogP contribution in [-0.2, 0) is 11.3 Å². The van der Waals surface area contributed by atoms with Crippen molar-refractivity contribution in [1.82, 2.24) is 15.5 Å². The summed E-state index contributed by atoms with van der Waals surface area (Å²) in [6.45, 7) is 6.29. The van der Waals surface area contributed by atoms with Crippen LogP contribution in [0.5, 0.6) is 0 Å². The molecule has 1 aliphatic carbocycles. The first-order valence-electron chi connectivity index (χ1n) is 10.0. The molecule has 1 spiro atoms. The highest BCUT2D eigenvalue weighted by Gasteiger charge is 2.41. The van der Waals surface area contributed by atoms with Crippen LogP contribution in [0.2, 0.25) is 0 Å². The van der Waals surface area contributed by atoms with E-state index < -0.39 is 0 Å². The minimum atomic E-state index is 0.0575. The van der Waals surface area contributed by atoms with Crippen LogP contribution in [0.25, 0.3) is 0 Å². The highest BCUT2D eigenvalue weighted by atomic mass is 16.1. The number of rotatable bonds is 6.